The summed E-state index contributed by atoms with van der Waals surface area (Å²) in [5.41, 5.74) is 1.52. The molecule has 1 aliphatic heterocycles. The maximum absolute atomic E-state index is 12.6. The van der Waals surface area contributed by atoms with Gasteiger partial charge in [-0.05, 0) is 43.2 Å². The number of carbonyl (C=O) groups is 3. The molecule has 25 heavy (non-hydrogen) atoms. The van der Waals surface area contributed by atoms with Crippen molar-refractivity contribution >= 4 is 17.8 Å². The molecule has 0 saturated carbocycles. The van der Waals surface area contributed by atoms with Gasteiger partial charge in [-0.2, -0.15) is 0 Å². The maximum atomic E-state index is 12.6. The van der Waals surface area contributed by atoms with E-state index in [0.29, 0.717) is 12.8 Å². The number of nitrogens with one attached hydrogen (secondary N) is 2. The molecule has 1 saturated heterocycles. The first kappa shape index (κ1) is 17.5. The predicted molar refractivity (Wildman–Crippen MR) is 93.8 cm³/mol. The number of imide groups is 1. The van der Waals surface area contributed by atoms with Crippen LogP contribution in [0.15, 0.2) is 24.3 Å². The molecule has 0 radical (unpaired) electrons. The molecule has 2 aliphatic rings. The van der Waals surface area contributed by atoms with Gasteiger partial charge in [-0.1, -0.05) is 38.1 Å². The Morgan fingerprint density at radius 1 is 1.28 bits per heavy atom. The van der Waals surface area contributed by atoms with Crippen molar-refractivity contribution in [3.63, 3.8) is 0 Å². The van der Waals surface area contributed by atoms with E-state index >= 15 is 0 Å². The van der Waals surface area contributed by atoms with Gasteiger partial charge in [0.05, 0.1) is 6.04 Å². The van der Waals surface area contributed by atoms with Gasteiger partial charge in [-0.25, -0.2) is 4.79 Å². The van der Waals surface area contributed by atoms with Crippen LogP contribution in [0.1, 0.15) is 56.7 Å². The highest BCUT2D eigenvalue weighted by Crippen LogP contribution is 2.29. The predicted octanol–water partition coefficient (Wildman–Crippen LogP) is 2.29. The van der Waals surface area contributed by atoms with E-state index in [-0.39, 0.29) is 24.4 Å². The number of amides is 4. The molecule has 1 aromatic carbocycles. The zero-order valence-corrected chi connectivity index (χ0v) is 14.8. The molecule has 1 heterocycles. The first-order valence-corrected chi connectivity index (χ1v) is 9.02. The summed E-state index contributed by atoms with van der Waals surface area (Å²) in [5.74, 6) is -0.602. The van der Waals surface area contributed by atoms with Crippen LogP contribution in [0, 0.1) is 0 Å². The molecule has 3 rings (SSSR count). The van der Waals surface area contributed by atoms with Crippen LogP contribution in [0.5, 0.6) is 0 Å². The second kappa shape index (κ2) is 6.86. The Morgan fingerprint density at radius 3 is 2.68 bits per heavy atom. The molecule has 2 N–H and O–H groups in total. The summed E-state index contributed by atoms with van der Waals surface area (Å²) in [4.78, 5) is 38.3. The van der Waals surface area contributed by atoms with Gasteiger partial charge in [0.1, 0.15) is 12.1 Å². The lowest BCUT2D eigenvalue weighted by Crippen LogP contribution is -2.47. The van der Waals surface area contributed by atoms with Gasteiger partial charge >= 0.3 is 6.03 Å². The Labute approximate surface area is 148 Å². The number of aryl methyl sites for hydroxylation is 1. The van der Waals surface area contributed by atoms with Crippen LogP contribution in [0.4, 0.5) is 4.79 Å². The van der Waals surface area contributed by atoms with Crippen molar-refractivity contribution in [1.82, 2.24) is 15.5 Å². The second-order valence-electron chi connectivity index (χ2n) is 6.82. The van der Waals surface area contributed by atoms with Crippen molar-refractivity contribution in [1.29, 1.82) is 0 Å². The van der Waals surface area contributed by atoms with Crippen LogP contribution >= 0.6 is 0 Å². The molecule has 1 aliphatic carbocycles. The Bertz CT molecular complexity index is 697. The molecule has 6 heteroatoms. The third-order valence-corrected chi connectivity index (χ3v) is 5.46. The van der Waals surface area contributed by atoms with E-state index < -0.39 is 11.6 Å². The standard InChI is InChI=1S/C19H25N3O3/c1-3-19(4-2)17(24)22(18(25)21-19)12-16(23)20-15-11-7-9-13-8-5-6-10-14(13)15/h5-6,8,10,15H,3-4,7,9,11-12H2,1-2H3,(H,20,23)(H,21,25). The van der Waals surface area contributed by atoms with Gasteiger partial charge in [-0.3, -0.25) is 14.5 Å². The summed E-state index contributed by atoms with van der Waals surface area (Å²) < 4.78 is 0. The summed E-state index contributed by atoms with van der Waals surface area (Å²) in [6.07, 6.45) is 3.94. The number of hydrogen-bond donors (Lipinski definition) is 2. The number of rotatable bonds is 5. The average Bonchev–Trinajstić information content (AvgIpc) is 2.86. The van der Waals surface area contributed by atoms with Crippen LogP contribution in [-0.2, 0) is 16.0 Å². The summed E-state index contributed by atoms with van der Waals surface area (Å²) in [6, 6.07) is 7.56. The van der Waals surface area contributed by atoms with Crippen molar-refractivity contribution in [2.45, 2.75) is 57.5 Å². The van der Waals surface area contributed by atoms with E-state index in [1.54, 1.807) is 0 Å². The van der Waals surface area contributed by atoms with Crippen molar-refractivity contribution in [3.05, 3.63) is 35.4 Å². The fraction of sp³-hybridized carbons (Fsp3) is 0.526. The molecule has 0 spiro atoms. The van der Waals surface area contributed by atoms with Crippen molar-refractivity contribution in [3.8, 4) is 0 Å². The van der Waals surface area contributed by atoms with Gasteiger partial charge in [0.15, 0.2) is 0 Å². The van der Waals surface area contributed by atoms with E-state index in [2.05, 4.69) is 16.7 Å². The lowest BCUT2D eigenvalue weighted by Gasteiger charge is -2.27. The minimum absolute atomic E-state index is 0.0553. The van der Waals surface area contributed by atoms with Crippen LogP contribution < -0.4 is 10.6 Å². The quantitative estimate of drug-likeness (QED) is 0.805. The maximum Gasteiger partial charge on any atom is 0.325 e. The molecular weight excluding hydrogens is 318 g/mol. The number of benzene rings is 1. The van der Waals surface area contributed by atoms with E-state index in [1.165, 1.54) is 5.56 Å². The highest BCUT2D eigenvalue weighted by molar-refractivity contribution is 6.09. The number of hydrogen-bond acceptors (Lipinski definition) is 3. The van der Waals surface area contributed by atoms with Gasteiger partial charge in [0.2, 0.25) is 5.91 Å². The Kier molecular flexibility index (Phi) is 4.79. The molecule has 4 amide bonds. The molecule has 0 bridgehead atoms. The van der Waals surface area contributed by atoms with Crippen LogP contribution in [-0.4, -0.2) is 34.8 Å². The van der Waals surface area contributed by atoms with Crippen molar-refractivity contribution in [2.75, 3.05) is 6.54 Å². The van der Waals surface area contributed by atoms with Gasteiger partial charge in [0, 0.05) is 0 Å². The summed E-state index contributed by atoms with van der Waals surface area (Å²) in [6.45, 7) is 3.50. The Hall–Kier alpha value is -2.37. The number of nitrogens with zero attached hydrogens (tertiary/aromatic N) is 1. The first-order chi connectivity index (χ1) is 12.0. The third kappa shape index (κ3) is 3.13. The highest BCUT2D eigenvalue weighted by atomic mass is 16.2. The second-order valence-corrected chi connectivity index (χ2v) is 6.82. The van der Waals surface area contributed by atoms with E-state index in [0.717, 1.165) is 29.7 Å². The van der Waals surface area contributed by atoms with Crippen LogP contribution in [0.25, 0.3) is 0 Å². The van der Waals surface area contributed by atoms with Gasteiger partial charge in [-0.15, -0.1) is 0 Å². The molecule has 1 fully saturated rings. The molecule has 0 aromatic heterocycles. The monoisotopic (exact) mass is 343 g/mol. The van der Waals surface area contributed by atoms with Crippen molar-refractivity contribution in [2.24, 2.45) is 0 Å². The normalized spacial score (nSPS) is 21.7. The molecule has 1 unspecified atom stereocenters. The number of carbonyl (C=O) groups excluding carboxylic acids is 3. The zero-order chi connectivity index (χ0) is 18.0. The molecule has 1 atom stereocenters. The Balaban J connectivity index is 1.68. The smallest absolute Gasteiger partial charge is 0.325 e. The lowest BCUT2D eigenvalue weighted by atomic mass is 9.88. The zero-order valence-electron chi connectivity index (χ0n) is 14.8. The minimum Gasteiger partial charge on any atom is -0.348 e. The van der Waals surface area contributed by atoms with Crippen LogP contribution in [0.2, 0.25) is 0 Å². The minimum atomic E-state index is -0.866. The number of urea groups is 1. The summed E-state index contributed by atoms with van der Waals surface area (Å²) in [7, 11) is 0. The molecule has 1 aromatic rings. The van der Waals surface area contributed by atoms with Crippen molar-refractivity contribution < 1.29 is 14.4 Å². The Morgan fingerprint density at radius 2 is 2.00 bits per heavy atom. The summed E-state index contributed by atoms with van der Waals surface area (Å²) >= 11 is 0. The average molecular weight is 343 g/mol. The molecule has 6 nitrogen and oxygen atoms in total. The largest absolute Gasteiger partial charge is 0.348 e. The molecular formula is C19H25N3O3. The third-order valence-electron chi connectivity index (χ3n) is 5.46. The number of fused-ring (bicyclic) bond motifs is 1. The molecule has 134 valence electrons. The SMILES string of the molecule is CCC1(CC)NC(=O)N(CC(=O)NC2CCCc3ccccc32)C1=O. The summed E-state index contributed by atoms with van der Waals surface area (Å²) in [5, 5.41) is 5.74. The van der Waals surface area contributed by atoms with E-state index in [1.807, 2.05) is 32.0 Å². The first-order valence-electron chi connectivity index (χ1n) is 9.02. The topological polar surface area (TPSA) is 78.5 Å². The van der Waals surface area contributed by atoms with Gasteiger partial charge < -0.3 is 10.6 Å². The van der Waals surface area contributed by atoms with Gasteiger partial charge in [0.25, 0.3) is 5.91 Å². The van der Waals surface area contributed by atoms with Crippen LogP contribution in [0.3, 0.4) is 0 Å². The highest BCUT2D eigenvalue weighted by Gasteiger charge is 2.49. The fourth-order valence-corrected chi connectivity index (χ4v) is 3.84. The lowest BCUT2D eigenvalue weighted by molar-refractivity contribution is -0.135. The fourth-order valence-electron chi connectivity index (χ4n) is 3.84. The van der Waals surface area contributed by atoms with E-state index in [4.69, 9.17) is 0 Å². The van der Waals surface area contributed by atoms with E-state index in [9.17, 15) is 14.4 Å².